The first-order valence-electron chi connectivity index (χ1n) is 2.58. The molecule has 5 heteroatoms. The van der Waals surface area contributed by atoms with Gasteiger partial charge >= 0.3 is 6.18 Å². The normalized spacial score (nSPS) is 11.2. The van der Waals surface area contributed by atoms with E-state index < -0.39 is 24.9 Å². The summed E-state index contributed by atoms with van der Waals surface area (Å²) in [6.45, 7) is 0. The zero-order chi connectivity index (χ0) is 8.20. The average Bonchev–Trinajstić information content (AvgIpc) is 1.81. The van der Waals surface area contributed by atoms with Gasteiger partial charge in [-0.25, -0.2) is 0 Å². The van der Waals surface area contributed by atoms with Gasteiger partial charge in [0.15, 0.2) is 0 Å². The van der Waals surface area contributed by atoms with Crippen molar-refractivity contribution >= 4 is 5.91 Å². The molecule has 0 saturated carbocycles. The van der Waals surface area contributed by atoms with Gasteiger partial charge in [-0.1, -0.05) is 0 Å². The average molecular weight is 154 g/mol. The van der Waals surface area contributed by atoms with Gasteiger partial charge in [0.05, 0.1) is 6.42 Å². The molecule has 0 saturated heterocycles. The molecule has 1 amide bonds. The van der Waals surface area contributed by atoms with Crippen LogP contribution in [-0.2, 0) is 4.79 Å². The second-order valence-corrected chi connectivity index (χ2v) is 1.72. The van der Waals surface area contributed by atoms with E-state index in [0.717, 1.165) is 0 Å². The topological polar surface area (TPSA) is 29.1 Å². The van der Waals surface area contributed by atoms with Gasteiger partial charge in [0, 0.05) is 13.5 Å². The summed E-state index contributed by atoms with van der Waals surface area (Å²) in [5.41, 5.74) is 0. The highest BCUT2D eigenvalue weighted by molar-refractivity contribution is 5.75. The molecule has 0 aromatic heterocycles. The third kappa shape index (κ3) is 5.40. The van der Waals surface area contributed by atoms with E-state index in [9.17, 15) is 18.0 Å². The zero-order valence-electron chi connectivity index (χ0n) is 5.16. The Morgan fingerprint density at radius 2 is 2.00 bits per heavy atom. The Bertz CT molecular complexity index is 121. The van der Waals surface area contributed by atoms with Crippen LogP contribution in [0.5, 0.6) is 0 Å². The van der Waals surface area contributed by atoms with Gasteiger partial charge in [0.25, 0.3) is 0 Å². The van der Waals surface area contributed by atoms with Gasteiger partial charge < -0.3 is 5.32 Å². The van der Waals surface area contributed by atoms with Crippen molar-refractivity contribution in [3.63, 3.8) is 0 Å². The highest BCUT2D eigenvalue weighted by atomic mass is 19.4. The SMILES string of the molecule is [CH2]NC(=O)CCC(F)(F)F. The van der Waals surface area contributed by atoms with E-state index in [1.807, 2.05) is 5.32 Å². The second-order valence-electron chi connectivity index (χ2n) is 1.72. The van der Waals surface area contributed by atoms with Crippen molar-refractivity contribution in [1.29, 1.82) is 0 Å². The van der Waals surface area contributed by atoms with Crippen LogP contribution in [0.15, 0.2) is 0 Å². The summed E-state index contributed by atoms with van der Waals surface area (Å²) in [7, 11) is 2.92. The molecule has 0 atom stereocenters. The predicted molar refractivity (Wildman–Crippen MR) is 28.8 cm³/mol. The molecule has 0 spiro atoms. The first kappa shape index (κ1) is 9.26. The summed E-state index contributed by atoms with van der Waals surface area (Å²) < 4.78 is 34.1. The maximum absolute atomic E-state index is 11.4. The van der Waals surface area contributed by atoms with Gasteiger partial charge in [0.1, 0.15) is 0 Å². The lowest BCUT2D eigenvalue weighted by Crippen LogP contribution is -2.18. The van der Waals surface area contributed by atoms with E-state index in [0.29, 0.717) is 0 Å². The van der Waals surface area contributed by atoms with E-state index in [2.05, 4.69) is 7.05 Å². The van der Waals surface area contributed by atoms with Gasteiger partial charge in [0.2, 0.25) is 5.91 Å². The van der Waals surface area contributed by atoms with Crippen molar-refractivity contribution in [3.05, 3.63) is 7.05 Å². The first-order valence-corrected chi connectivity index (χ1v) is 2.58. The lowest BCUT2D eigenvalue weighted by atomic mass is 10.3. The van der Waals surface area contributed by atoms with Crippen LogP contribution >= 0.6 is 0 Å². The van der Waals surface area contributed by atoms with Crippen molar-refractivity contribution in [2.45, 2.75) is 19.0 Å². The van der Waals surface area contributed by atoms with Crippen molar-refractivity contribution in [2.24, 2.45) is 0 Å². The Hall–Kier alpha value is -0.740. The van der Waals surface area contributed by atoms with Crippen LogP contribution < -0.4 is 5.32 Å². The van der Waals surface area contributed by atoms with Crippen LogP contribution in [0.2, 0.25) is 0 Å². The predicted octanol–water partition coefficient (Wildman–Crippen LogP) is 1.24. The monoisotopic (exact) mass is 154 g/mol. The summed E-state index contributed by atoms with van der Waals surface area (Å²) in [5.74, 6) is -0.697. The minimum absolute atomic E-state index is 0.549. The minimum Gasteiger partial charge on any atom is -0.354 e. The smallest absolute Gasteiger partial charge is 0.354 e. The summed E-state index contributed by atoms with van der Waals surface area (Å²) in [6, 6.07) is 0. The zero-order valence-corrected chi connectivity index (χ0v) is 5.16. The van der Waals surface area contributed by atoms with Crippen molar-refractivity contribution in [2.75, 3.05) is 0 Å². The summed E-state index contributed by atoms with van der Waals surface area (Å²) in [5, 5.41) is 1.85. The number of hydrogen-bond donors (Lipinski definition) is 1. The summed E-state index contributed by atoms with van der Waals surface area (Å²) >= 11 is 0. The molecule has 0 aromatic carbocycles. The Kier molecular flexibility index (Phi) is 3.18. The molecule has 0 bridgehead atoms. The van der Waals surface area contributed by atoms with Gasteiger partial charge in [-0.2, -0.15) is 13.2 Å². The van der Waals surface area contributed by atoms with Gasteiger partial charge in [-0.3, -0.25) is 4.79 Å². The maximum atomic E-state index is 11.4. The fourth-order valence-electron chi connectivity index (χ4n) is 0.344. The minimum atomic E-state index is -4.26. The Morgan fingerprint density at radius 1 is 1.50 bits per heavy atom. The van der Waals surface area contributed by atoms with Crippen LogP contribution in [0.1, 0.15) is 12.8 Å². The van der Waals surface area contributed by atoms with E-state index in [4.69, 9.17) is 0 Å². The number of hydrogen-bond acceptors (Lipinski definition) is 1. The van der Waals surface area contributed by atoms with Crippen LogP contribution in [0, 0.1) is 7.05 Å². The molecule has 0 aliphatic heterocycles. The third-order valence-electron chi connectivity index (χ3n) is 0.833. The van der Waals surface area contributed by atoms with Crippen molar-refractivity contribution in [3.8, 4) is 0 Å². The largest absolute Gasteiger partial charge is 0.389 e. The maximum Gasteiger partial charge on any atom is 0.389 e. The molecule has 0 aromatic rings. The lowest BCUT2D eigenvalue weighted by molar-refractivity contribution is -0.143. The van der Waals surface area contributed by atoms with Crippen LogP contribution in [0.25, 0.3) is 0 Å². The highest BCUT2D eigenvalue weighted by Crippen LogP contribution is 2.20. The molecule has 0 heterocycles. The Balaban J connectivity index is 3.46. The number of nitrogens with one attached hydrogen (secondary N) is 1. The molecule has 0 unspecified atom stereocenters. The molecule has 59 valence electrons. The molecule has 0 aliphatic rings. The fourth-order valence-corrected chi connectivity index (χ4v) is 0.344. The molecular formula is C5H7F3NO. The molecule has 1 radical (unpaired) electrons. The molecule has 1 N–H and O–H groups in total. The van der Waals surface area contributed by atoms with E-state index in [1.165, 1.54) is 0 Å². The number of alkyl halides is 3. The number of amides is 1. The van der Waals surface area contributed by atoms with Crippen LogP contribution in [0.3, 0.4) is 0 Å². The molecule has 10 heavy (non-hydrogen) atoms. The molecule has 0 fully saturated rings. The highest BCUT2D eigenvalue weighted by Gasteiger charge is 2.27. The third-order valence-corrected chi connectivity index (χ3v) is 0.833. The van der Waals surface area contributed by atoms with E-state index >= 15 is 0 Å². The van der Waals surface area contributed by atoms with Gasteiger partial charge in [-0.15, -0.1) is 0 Å². The fraction of sp³-hybridized carbons (Fsp3) is 0.600. The van der Waals surface area contributed by atoms with E-state index in [1.54, 1.807) is 0 Å². The van der Waals surface area contributed by atoms with Crippen LogP contribution in [-0.4, -0.2) is 12.1 Å². The summed E-state index contributed by atoms with van der Waals surface area (Å²) in [4.78, 5) is 10.2. The summed E-state index contributed by atoms with van der Waals surface area (Å²) in [6.07, 6.45) is -5.89. The lowest BCUT2D eigenvalue weighted by Gasteiger charge is -2.03. The number of halogens is 3. The number of carbonyl (C=O) groups excluding carboxylic acids is 1. The molecule has 0 rings (SSSR count). The Morgan fingerprint density at radius 3 is 2.30 bits per heavy atom. The molecule has 2 nitrogen and oxygen atoms in total. The quantitative estimate of drug-likeness (QED) is 0.636. The standard InChI is InChI=1S/C5H7F3NO/c1-9-4(10)2-3-5(6,7)8/h1-3H2,(H,9,10). The first-order chi connectivity index (χ1) is 4.45. The van der Waals surface area contributed by atoms with Gasteiger partial charge in [-0.05, 0) is 0 Å². The Labute approximate surface area is 56.4 Å². The molecular weight excluding hydrogens is 147 g/mol. The number of rotatable bonds is 2. The molecule has 0 aliphatic carbocycles. The van der Waals surface area contributed by atoms with Crippen molar-refractivity contribution in [1.82, 2.24) is 5.32 Å². The van der Waals surface area contributed by atoms with E-state index in [-0.39, 0.29) is 0 Å². The van der Waals surface area contributed by atoms with Crippen molar-refractivity contribution < 1.29 is 18.0 Å². The number of carbonyl (C=O) groups is 1. The van der Waals surface area contributed by atoms with Crippen LogP contribution in [0.4, 0.5) is 13.2 Å². The second kappa shape index (κ2) is 3.43.